The third-order valence-electron chi connectivity index (χ3n) is 10.4. The van der Waals surface area contributed by atoms with E-state index in [-0.39, 0.29) is 11.6 Å². The fourth-order valence-corrected chi connectivity index (χ4v) is 7.58. The molecule has 0 radical (unpaired) electrons. The monoisotopic (exact) mass is 591 g/mol. The molecule has 1 N–H and O–H groups in total. The fourth-order valence-electron chi connectivity index (χ4n) is 7.58. The summed E-state index contributed by atoms with van der Waals surface area (Å²) in [5.41, 5.74) is 4.44. The zero-order chi connectivity index (χ0) is 29.8. The highest BCUT2D eigenvalue weighted by Crippen LogP contribution is 2.55. The highest BCUT2D eigenvalue weighted by atomic mass is 16.5. The molecule has 4 aliphatic rings. The van der Waals surface area contributed by atoms with Gasteiger partial charge < -0.3 is 19.5 Å². The molecule has 44 heavy (non-hydrogen) atoms. The van der Waals surface area contributed by atoms with E-state index in [4.69, 9.17) is 14.5 Å². The molecule has 4 aromatic heterocycles. The van der Waals surface area contributed by atoms with Gasteiger partial charge in [-0.05, 0) is 73.6 Å². The number of aliphatic hydroxyl groups is 1. The largest absolute Gasteiger partial charge is 0.492 e. The maximum atomic E-state index is 10.5. The fraction of sp³-hybridized carbons (Fsp3) is 0.471. The maximum absolute atomic E-state index is 10.5. The van der Waals surface area contributed by atoms with E-state index < -0.39 is 0 Å². The topological polar surface area (TPSA) is 112 Å². The van der Waals surface area contributed by atoms with Crippen LogP contribution in [-0.2, 0) is 6.54 Å². The highest BCUT2D eigenvalue weighted by Gasteiger charge is 2.52. The van der Waals surface area contributed by atoms with Crippen molar-refractivity contribution in [2.75, 3.05) is 38.3 Å². The van der Waals surface area contributed by atoms with Crippen molar-refractivity contribution in [1.29, 1.82) is 5.26 Å². The lowest BCUT2D eigenvalue weighted by Crippen LogP contribution is -2.54. The first-order chi connectivity index (χ1) is 21.5. The van der Waals surface area contributed by atoms with Crippen LogP contribution in [0, 0.1) is 29.1 Å². The molecule has 1 spiro atoms. The molecule has 226 valence electrons. The summed E-state index contributed by atoms with van der Waals surface area (Å²) in [6.07, 6.45) is 12.6. The third kappa shape index (κ3) is 4.94. The Labute approximate surface area is 256 Å². The van der Waals surface area contributed by atoms with Crippen molar-refractivity contribution >= 4 is 11.3 Å². The molecule has 0 aromatic carbocycles. The first-order valence-corrected chi connectivity index (χ1v) is 15.7. The van der Waals surface area contributed by atoms with Gasteiger partial charge in [0.25, 0.3) is 0 Å². The number of nitrogens with zero attached hydrogens (tertiary/aromatic N) is 7. The first-order valence-electron chi connectivity index (χ1n) is 15.7. The number of hydrogen-bond donors (Lipinski definition) is 1. The number of aromatic nitrogens is 4. The molecule has 3 saturated carbocycles. The summed E-state index contributed by atoms with van der Waals surface area (Å²) in [7, 11) is 1.64. The van der Waals surface area contributed by atoms with Gasteiger partial charge in [0.2, 0.25) is 5.88 Å². The molecule has 1 aliphatic heterocycles. The molecule has 1 saturated heterocycles. The standard InChI is InChI=1S/C34H37N7O3/c1-43-31-5-2-22(16-37-31)19-40-10-9-39(21-34(40)7-8-34)30-4-3-24(17-36-30)28-14-27(20-41-32(28)26(15-35)18-38-41)44-11-6-23-12-25-13-29(25)33(23)42/h2-5,14,16-18,20,23,25,29,33,42H,6-13,19,21H2,1H3. The number of pyridine rings is 3. The molecule has 0 amide bonds. The van der Waals surface area contributed by atoms with Crippen LogP contribution in [0.4, 0.5) is 5.82 Å². The summed E-state index contributed by atoms with van der Waals surface area (Å²) in [5, 5.41) is 24.7. The second-order valence-electron chi connectivity index (χ2n) is 13.0. The second kappa shape index (κ2) is 10.8. The lowest BCUT2D eigenvalue weighted by molar-refractivity contribution is 0.0938. The summed E-state index contributed by atoms with van der Waals surface area (Å²) in [6, 6.07) is 12.5. The smallest absolute Gasteiger partial charge is 0.212 e. The summed E-state index contributed by atoms with van der Waals surface area (Å²) >= 11 is 0. The van der Waals surface area contributed by atoms with E-state index in [0.29, 0.717) is 35.6 Å². The van der Waals surface area contributed by atoms with Crippen LogP contribution in [0.1, 0.15) is 43.2 Å². The number of methoxy groups -OCH3 is 1. The predicted octanol–water partition coefficient (Wildman–Crippen LogP) is 4.31. The van der Waals surface area contributed by atoms with Crippen LogP contribution in [0.15, 0.2) is 55.1 Å². The number of hydrogen-bond acceptors (Lipinski definition) is 9. The van der Waals surface area contributed by atoms with Gasteiger partial charge in [-0.25, -0.2) is 14.5 Å². The van der Waals surface area contributed by atoms with Crippen molar-refractivity contribution in [3.05, 3.63) is 66.2 Å². The van der Waals surface area contributed by atoms with Crippen molar-refractivity contribution < 1.29 is 14.6 Å². The van der Waals surface area contributed by atoms with E-state index in [1.165, 1.54) is 24.8 Å². The van der Waals surface area contributed by atoms with E-state index in [2.05, 4.69) is 44.2 Å². The molecular formula is C34H37N7O3. The first kappa shape index (κ1) is 27.4. The van der Waals surface area contributed by atoms with Gasteiger partial charge in [0, 0.05) is 61.3 Å². The molecule has 4 fully saturated rings. The molecule has 3 aliphatic carbocycles. The third-order valence-corrected chi connectivity index (χ3v) is 10.4. The van der Waals surface area contributed by atoms with Crippen LogP contribution in [-0.4, -0.2) is 74.6 Å². The average Bonchev–Trinajstić information content (AvgIpc) is 3.95. The van der Waals surface area contributed by atoms with Crippen LogP contribution in [0.5, 0.6) is 11.6 Å². The van der Waals surface area contributed by atoms with Crippen LogP contribution in [0.25, 0.3) is 16.6 Å². The van der Waals surface area contributed by atoms with Crippen LogP contribution < -0.4 is 14.4 Å². The normalized spacial score (nSPS) is 25.2. The summed E-state index contributed by atoms with van der Waals surface area (Å²) in [4.78, 5) is 14.3. The van der Waals surface area contributed by atoms with E-state index in [1.807, 2.05) is 30.7 Å². The number of piperazine rings is 1. The summed E-state index contributed by atoms with van der Waals surface area (Å²) < 4.78 is 13.1. The molecule has 8 rings (SSSR count). The number of ether oxygens (including phenoxy) is 2. The minimum Gasteiger partial charge on any atom is -0.492 e. The Morgan fingerprint density at radius 3 is 2.70 bits per heavy atom. The molecule has 4 unspecified atom stereocenters. The van der Waals surface area contributed by atoms with Gasteiger partial charge in [-0.1, -0.05) is 6.07 Å². The summed E-state index contributed by atoms with van der Waals surface area (Å²) in [6.45, 7) is 4.26. The maximum Gasteiger partial charge on any atom is 0.212 e. The Morgan fingerprint density at radius 1 is 1.09 bits per heavy atom. The van der Waals surface area contributed by atoms with Crippen molar-refractivity contribution in [1.82, 2.24) is 24.5 Å². The zero-order valence-electron chi connectivity index (χ0n) is 25.0. The van der Waals surface area contributed by atoms with E-state index in [0.717, 1.165) is 67.4 Å². The van der Waals surface area contributed by atoms with E-state index in [1.54, 1.807) is 17.8 Å². The average molecular weight is 592 g/mol. The Kier molecular flexibility index (Phi) is 6.69. The SMILES string of the molecule is COc1ccc(CN2CCN(c3ccc(-c4cc(OCCC5CC6CC6C5O)cn5ncc(C#N)c45)cn3)CC23CC3)cn1. The summed E-state index contributed by atoms with van der Waals surface area (Å²) in [5.74, 6) is 3.86. The Morgan fingerprint density at radius 2 is 2.00 bits per heavy atom. The minimum absolute atomic E-state index is 0.181. The van der Waals surface area contributed by atoms with Crippen molar-refractivity contribution in [2.24, 2.45) is 17.8 Å². The number of anilines is 1. The molecule has 4 aromatic rings. The van der Waals surface area contributed by atoms with E-state index in [9.17, 15) is 10.4 Å². The van der Waals surface area contributed by atoms with E-state index >= 15 is 0 Å². The number of fused-ring (bicyclic) bond motifs is 2. The lowest BCUT2D eigenvalue weighted by atomic mass is 9.97. The quantitative estimate of drug-likeness (QED) is 0.304. The van der Waals surface area contributed by atoms with Gasteiger partial charge in [-0.2, -0.15) is 10.4 Å². The van der Waals surface area contributed by atoms with Crippen molar-refractivity contribution in [3.63, 3.8) is 0 Å². The molecule has 10 nitrogen and oxygen atoms in total. The van der Waals surface area contributed by atoms with Crippen LogP contribution in [0.3, 0.4) is 0 Å². The Bertz CT molecular complexity index is 1710. The molecule has 5 heterocycles. The van der Waals surface area contributed by atoms with Gasteiger partial charge in [0.1, 0.15) is 17.6 Å². The molecule has 0 bridgehead atoms. The molecular weight excluding hydrogens is 554 g/mol. The van der Waals surface area contributed by atoms with Gasteiger partial charge in [-0.3, -0.25) is 4.90 Å². The van der Waals surface area contributed by atoms with Gasteiger partial charge in [0.05, 0.1) is 43.3 Å². The number of rotatable bonds is 9. The Balaban J connectivity index is 0.976. The number of nitriles is 1. The van der Waals surface area contributed by atoms with Crippen molar-refractivity contribution in [3.8, 4) is 28.8 Å². The second-order valence-corrected chi connectivity index (χ2v) is 13.0. The predicted molar refractivity (Wildman–Crippen MR) is 164 cm³/mol. The van der Waals surface area contributed by atoms with Gasteiger partial charge in [0.15, 0.2) is 0 Å². The highest BCUT2D eigenvalue weighted by molar-refractivity contribution is 5.85. The minimum atomic E-state index is -0.181. The Hall–Kier alpha value is -4.20. The molecule has 4 atom stereocenters. The van der Waals surface area contributed by atoms with Crippen molar-refractivity contribution in [2.45, 2.75) is 50.3 Å². The zero-order valence-corrected chi connectivity index (χ0v) is 25.0. The molecule has 10 heteroatoms. The van der Waals surface area contributed by atoms with Gasteiger partial charge >= 0.3 is 0 Å². The lowest BCUT2D eigenvalue weighted by Gasteiger charge is -2.42. The van der Waals surface area contributed by atoms with Crippen LogP contribution in [0.2, 0.25) is 0 Å². The number of aliphatic hydroxyl groups excluding tert-OH is 1. The van der Waals surface area contributed by atoms with Crippen LogP contribution >= 0.6 is 0 Å². The van der Waals surface area contributed by atoms with Gasteiger partial charge in [-0.15, -0.1) is 0 Å².